The molecule has 1 aromatic carbocycles. The first-order chi connectivity index (χ1) is 9.30. The Morgan fingerprint density at radius 2 is 1.89 bits per heavy atom. The van der Waals surface area contributed by atoms with E-state index in [2.05, 4.69) is 30.8 Å². The van der Waals surface area contributed by atoms with Gasteiger partial charge in [0.2, 0.25) is 0 Å². The molecule has 4 heteroatoms. The third kappa shape index (κ3) is 6.68. The van der Waals surface area contributed by atoms with Gasteiger partial charge in [0.1, 0.15) is 0 Å². The number of hydrogen-bond donors (Lipinski definition) is 0. The molecule has 0 heterocycles. The van der Waals surface area contributed by atoms with Crippen LogP contribution < -0.4 is 0 Å². The molecule has 1 aromatic rings. The van der Waals surface area contributed by atoms with Gasteiger partial charge < -0.3 is 13.9 Å². The summed E-state index contributed by atoms with van der Waals surface area (Å²) in [5, 5.41) is 0. The Kier molecular flexibility index (Phi) is 8.41. The van der Waals surface area contributed by atoms with E-state index in [1.165, 1.54) is 5.56 Å². The minimum absolute atomic E-state index is 0.0810. The number of methoxy groups -OCH3 is 2. The van der Waals surface area contributed by atoms with Gasteiger partial charge in [0.15, 0.2) is 16.1 Å². The fraction of sp³-hybridized carbons (Fsp3) is 0.467. The highest BCUT2D eigenvalue weighted by Crippen LogP contribution is 2.06. The third-order valence-corrected chi connectivity index (χ3v) is 4.28. The molecule has 0 fully saturated rings. The summed E-state index contributed by atoms with van der Waals surface area (Å²) in [6.45, 7) is 4.55. The topological polar surface area (TPSA) is 27.7 Å². The van der Waals surface area contributed by atoms with E-state index in [9.17, 15) is 0 Å². The van der Waals surface area contributed by atoms with Crippen molar-refractivity contribution in [2.75, 3.05) is 20.8 Å². The molecule has 19 heavy (non-hydrogen) atoms. The van der Waals surface area contributed by atoms with Crippen LogP contribution in [0.25, 0.3) is 6.08 Å². The summed E-state index contributed by atoms with van der Waals surface area (Å²) in [5.41, 5.74) is 2.47. The molecule has 106 valence electrons. The van der Waals surface area contributed by atoms with E-state index in [-0.39, 0.29) is 6.29 Å². The summed E-state index contributed by atoms with van der Waals surface area (Å²) >= 11 is 0. The number of hydrogen-bond acceptors (Lipinski definition) is 3. The van der Waals surface area contributed by atoms with E-state index in [0.717, 1.165) is 31.1 Å². The maximum atomic E-state index is 5.74. The fourth-order valence-electron chi connectivity index (χ4n) is 1.80. The van der Waals surface area contributed by atoms with Crippen LogP contribution in [0.15, 0.2) is 30.8 Å². The van der Waals surface area contributed by atoms with Crippen molar-refractivity contribution in [3.05, 3.63) is 42.0 Å². The summed E-state index contributed by atoms with van der Waals surface area (Å²) in [4.78, 5) is 0. The SMILES string of the molecule is C=Cc1ccc(CCO[SiH2]CCC(OC)OC)cc1. The van der Waals surface area contributed by atoms with Crippen molar-refractivity contribution < 1.29 is 13.9 Å². The average Bonchev–Trinajstić information content (AvgIpc) is 2.47. The minimum atomic E-state index is -0.454. The lowest BCUT2D eigenvalue weighted by Gasteiger charge is -2.12. The average molecular weight is 280 g/mol. The van der Waals surface area contributed by atoms with Crippen molar-refractivity contribution in [1.29, 1.82) is 0 Å². The zero-order valence-corrected chi connectivity index (χ0v) is 13.3. The number of benzene rings is 1. The van der Waals surface area contributed by atoms with Crippen LogP contribution in [-0.4, -0.2) is 36.9 Å². The van der Waals surface area contributed by atoms with E-state index < -0.39 is 9.76 Å². The second kappa shape index (κ2) is 9.92. The maximum absolute atomic E-state index is 5.74. The smallest absolute Gasteiger partial charge is 0.161 e. The molecule has 0 saturated heterocycles. The first-order valence-corrected chi connectivity index (χ1v) is 8.22. The van der Waals surface area contributed by atoms with Crippen LogP contribution in [-0.2, 0) is 20.3 Å². The Balaban J connectivity index is 2.08. The van der Waals surface area contributed by atoms with E-state index in [1.807, 2.05) is 6.08 Å². The number of ether oxygens (including phenoxy) is 2. The van der Waals surface area contributed by atoms with Crippen LogP contribution in [0.4, 0.5) is 0 Å². The van der Waals surface area contributed by atoms with Gasteiger partial charge in [-0.3, -0.25) is 0 Å². The molecule has 1 rings (SSSR count). The van der Waals surface area contributed by atoms with Crippen molar-refractivity contribution in [3.63, 3.8) is 0 Å². The largest absolute Gasteiger partial charge is 0.424 e. The highest BCUT2D eigenvalue weighted by Gasteiger charge is 2.04. The number of rotatable bonds is 10. The van der Waals surface area contributed by atoms with Gasteiger partial charge in [0, 0.05) is 20.8 Å². The first-order valence-electron chi connectivity index (χ1n) is 6.65. The van der Waals surface area contributed by atoms with Gasteiger partial charge in [-0.15, -0.1) is 0 Å². The molecule has 0 radical (unpaired) electrons. The Morgan fingerprint density at radius 3 is 2.47 bits per heavy atom. The quantitative estimate of drug-likeness (QED) is 0.374. The predicted octanol–water partition coefficient (Wildman–Crippen LogP) is 2.40. The van der Waals surface area contributed by atoms with Gasteiger partial charge in [-0.2, -0.15) is 0 Å². The Morgan fingerprint density at radius 1 is 1.21 bits per heavy atom. The lowest BCUT2D eigenvalue weighted by molar-refractivity contribution is -0.103. The summed E-state index contributed by atoms with van der Waals surface area (Å²) in [6, 6.07) is 9.52. The molecule has 0 aliphatic carbocycles. The highest BCUT2D eigenvalue weighted by molar-refractivity contribution is 6.26. The molecule has 0 aromatic heterocycles. The van der Waals surface area contributed by atoms with Crippen LogP contribution >= 0.6 is 0 Å². The fourth-order valence-corrected chi connectivity index (χ4v) is 2.85. The Bertz CT molecular complexity index is 347. The van der Waals surface area contributed by atoms with E-state index in [4.69, 9.17) is 13.9 Å². The van der Waals surface area contributed by atoms with Crippen molar-refractivity contribution >= 4 is 15.8 Å². The van der Waals surface area contributed by atoms with Gasteiger partial charge in [-0.25, -0.2) is 0 Å². The monoisotopic (exact) mass is 280 g/mol. The van der Waals surface area contributed by atoms with Crippen LogP contribution in [0, 0.1) is 0 Å². The highest BCUT2D eigenvalue weighted by atomic mass is 28.2. The van der Waals surface area contributed by atoms with Crippen molar-refractivity contribution in [3.8, 4) is 0 Å². The summed E-state index contributed by atoms with van der Waals surface area (Å²) in [6.07, 6.45) is 3.67. The molecule has 0 bridgehead atoms. The van der Waals surface area contributed by atoms with Crippen LogP contribution in [0.3, 0.4) is 0 Å². The lowest BCUT2D eigenvalue weighted by Crippen LogP contribution is -2.14. The molecule has 0 aliphatic rings. The van der Waals surface area contributed by atoms with Gasteiger partial charge in [0.05, 0.1) is 0 Å². The summed E-state index contributed by atoms with van der Waals surface area (Å²) in [7, 11) is 2.89. The second-order valence-electron chi connectivity index (χ2n) is 4.35. The standard InChI is InChI=1S/C15H24O3Si/c1-4-13-5-7-14(8-6-13)9-11-18-19-12-10-15(16-2)17-3/h4-8,15H,1,9-12,19H2,2-3H3. The van der Waals surface area contributed by atoms with E-state index in [1.54, 1.807) is 14.2 Å². The van der Waals surface area contributed by atoms with Gasteiger partial charge in [-0.1, -0.05) is 36.9 Å². The third-order valence-electron chi connectivity index (χ3n) is 3.00. The normalized spacial score (nSPS) is 11.5. The van der Waals surface area contributed by atoms with Crippen molar-refractivity contribution in [1.82, 2.24) is 0 Å². The van der Waals surface area contributed by atoms with E-state index in [0.29, 0.717) is 0 Å². The maximum Gasteiger partial charge on any atom is 0.161 e. The Labute approximate surface area is 118 Å². The lowest BCUT2D eigenvalue weighted by atomic mass is 10.1. The molecular formula is C15H24O3Si. The predicted molar refractivity (Wildman–Crippen MR) is 82.0 cm³/mol. The van der Waals surface area contributed by atoms with Gasteiger partial charge >= 0.3 is 0 Å². The Hall–Kier alpha value is -0.943. The summed E-state index contributed by atoms with van der Waals surface area (Å²) in [5.74, 6) is 0. The van der Waals surface area contributed by atoms with E-state index >= 15 is 0 Å². The van der Waals surface area contributed by atoms with Gasteiger partial charge in [0.25, 0.3) is 0 Å². The molecule has 0 spiro atoms. The zero-order chi connectivity index (χ0) is 13.9. The first kappa shape index (κ1) is 16.1. The molecular weight excluding hydrogens is 256 g/mol. The molecule has 0 saturated carbocycles. The molecule has 0 N–H and O–H groups in total. The molecule has 0 amide bonds. The zero-order valence-electron chi connectivity index (χ0n) is 11.9. The van der Waals surface area contributed by atoms with Crippen LogP contribution in [0.2, 0.25) is 6.04 Å². The minimum Gasteiger partial charge on any atom is -0.424 e. The summed E-state index contributed by atoms with van der Waals surface area (Å²) < 4.78 is 16.0. The van der Waals surface area contributed by atoms with Crippen LogP contribution in [0.5, 0.6) is 0 Å². The van der Waals surface area contributed by atoms with Gasteiger partial charge in [-0.05, 0) is 30.0 Å². The molecule has 0 atom stereocenters. The van der Waals surface area contributed by atoms with Crippen molar-refractivity contribution in [2.45, 2.75) is 25.2 Å². The molecule has 0 aliphatic heterocycles. The molecule has 3 nitrogen and oxygen atoms in total. The van der Waals surface area contributed by atoms with Crippen molar-refractivity contribution in [2.24, 2.45) is 0 Å². The molecule has 0 unspecified atom stereocenters. The second-order valence-corrected chi connectivity index (χ2v) is 5.87. The van der Waals surface area contributed by atoms with Crippen LogP contribution in [0.1, 0.15) is 17.5 Å².